The van der Waals surface area contributed by atoms with Crippen molar-refractivity contribution < 1.29 is 19.5 Å². The summed E-state index contributed by atoms with van der Waals surface area (Å²) >= 11 is 0. The van der Waals surface area contributed by atoms with E-state index in [1.165, 1.54) is 0 Å². The molecule has 18 heavy (non-hydrogen) atoms. The molecule has 2 N–H and O–H groups in total. The van der Waals surface area contributed by atoms with Crippen molar-refractivity contribution >= 4 is 5.69 Å². The summed E-state index contributed by atoms with van der Waals surface area (Å²) in [6.07, 6.45) is -3.26. The monoisotopic (exact) mass is 256 g/mol. The Kier molecular flexibility index (Phi) is 4.55. The number of non-ortho nitro benzene ring substituents is 1. The molecule has 0 aliphatic rings. The average molecular weight is 256 g/mol. The van der Waals surface area contributed by atoms with Gasteiger partial charge in [0.05, 0.1) is 17.6 Å². The third-order valence-electron chi connectivity index (χ3n) is 2.21. The van der Waals surface area contributed by atoms with E-state index in [2.05, 4.69) is 10.0 Å². The third-order valence-corrected chi connectivity index (χ3v) is 2.21. The summed E-state index contributed by atoms with van der Waals surface area (Å²) in [5.41, 5.74) is 7.20. The van der Waals surface area contributed by atoms with E-state index in [4.69, 9.17) is 5.53 Å². The van der Waals surface area contributed by atoms with E-state index >= 15 is 0 Å². The third kappa shape index (κ3) is 3.14. The van der Waals surface area contributed by atoms with E-state index in [0.29, 0.717) is 0 Å². The highest BCUT2D eigenvalue weighted by molar-refractivity contribution is 5.36. The van der Waals surface area contributed by atoms with Crippen LogP contribution in [0.5, 0.6) is 0 Å². The molecule has 8 nitrogen and oxygen atoms in total. The van der Waals surface area contributed by atoms with E-state index in [0.717, 1.165) is 18.2 Å². The quantitative estimate of drug-likeness (QED) is 0.271. The first kappa shape index (κ1) is 13.8. The molecule has 0 aliphatic heterocycles. The molecular formula is C9H9FN4O4. The smallest absolute Gasteiger partial charge is 0.270 e. The van der Waals surface area contributed by atoms with Crippen LogP contribution in [0.2, 0.25) is 0 Å². The zero-order valence-corrected chi connectivity index (χ0v) is 8.97. The molecule has 2 atom stereocenters. The fourth-order valence-electron chi connectivity index (χ4n) is 1.30. The summed E-state index contributed by atoms with van der Waals surface area (Å²) in [5.74, 6) is -0.895. The highest BCUT2D eigenvalue weighted by Crippen LogP contribution is 2.25. The number of nitrogens with zero attached hydrogens (tertiary/aromatic N) is 4. The second-order valence-corrected chi connectivity index (χ2v) is 3.39. The number of halogens is 1. The number of nitro benzene ring substituents is 1. The van der Waals surface area contributed by atoms with Gasteiger partial charge in [0.15, 0.2) is 0 Å². The van der Waals surface area contributed by atoms with Crippen LogP contribution < -0.4 is 0 Å². The van der Waals surface area contributed by atoms with Crippen LogP contribution in [-0.4, -0.2) is 27.8 Å². The van der Waals surface area contributed by atoms with Crippen LogP contribution in [0.4, 0.5) is 10.1 Å². The number of hydrogen-bond donors (Lipinski definition) is 2. The van der Waals surface area contributed by atoms with Crippen molar-refractivity contribution in [2.75, 3.05) is 6.54 Å². The van der Waals surface area contributed by atoms with E-state index in [1.807, 2.05) is 0 Å². The molecule has 0 aliphatic carbocycles. The fourth-order valence-corrected chi connectivity index (χ4v) is 1.30. The Morgan fingerprint density at radius 2 is 2.22 bits per heavy atom. The summed E-state index contributed by atoms with van der Waals surface area (Å²) < 4.78 is 13.4. The van der Waals surface area contributed by atoms with Gasteiger partial charge in [-0.05, 0) is 11.6 Å². The van der Waals surface area contributed by atoms with E-state index in [1.54, 1.807) is 0 Å². The van der Waals surface area contributed by atoms with Gasteiger partial charge in [0, 0.05) is 22.6 Å². The van der Waals surface area contributed by atoms with Crippen molar-refractivity contribution in [2.45, 2.75) is 12.2 Å². The summed E-state index contributed by atoms with van der Waals surface area (Å²) in [6, 6.07) is 2.57. The Labute approximate surface area is 100 Å². The van der Waals surface area contributed by atoms with Gasteiger partial charge in [0.25, 0.3) is 5.69 Å². The van der Waals surface area contributed by atoms with Crippen LogP contribution in [0.25, 0.3) is 10.4 Å². The highest BCUT2D eigenvalue weighted by Gasteiger charge is 2.23. The largest absolute Gasteiger partial charge is 0.390 e. The Morgan fingerprint density at radius 1 is 1.56 bits per heavy atom. The molecule has 0 fully saturated rings. The fraction of sp³-hybridized carbons (Fsp3) is 0.333. The van der Waals surface area contributed by atoms with Gasteiger partial charge in [-0.15, -0.1) is 0 Å². The molecule has 0 bridgehead atoms. The van der Waals surface area contributed by atoms with Crippen LogP contribution >= 0.6 is 0 Å². The lowest BCUT2D eigenvalue weighted by Gasteiger charge is -2.16. The maximum Gasteiger partial charge on any atom is 0.270 e. The standard InChI is InChI=1S/C9H9FN4O4/c10-7-2-1-5(14(17)18)3-6(7)9(16)8(15)4-12-13-11/h1-3,8-9,15-16H,4H2. The number of benzene rings is 1. The highest BCUT2D eigenvalue weighted by atomic mass is 19.1. The molecule has 0 radical (unpaired) electrons. The lowest BCUT2D eigenvalue weighted by molar-refractivity contribution is -0.385. The summed E-state index contributed by atoms with van der Waals surface area (Å²) in [6.45, 7) is -0.472. The first-order valence-electron chi connectivity index (χ1n) is 4.78. The van der Waals surface area contributed by atoms with Gasteiger partial charge in [-0.3, -0.25) is 10.1 Å². The van der Waals surface area contributed by atoms with Gasteiger partial charge in [-0.1, -0.05) is 5.11 Å². The van der Waals surface area contributed by atoms with Gasteiger partial charge in [0.1, 0.15) is 11.9 Å². The minimum atomic E-state index is -1.71. The molecule has 0 aromatic heterocycles. The lowest BCUT2D eigenvalue weighted by Crippen LogP contribution is -2.22. The van der Waals surface area contributed by atoms with Gasteiger partial charge in [0.2, 0.25) is 0 Å². The minimum absolute atomic E-state index is 0.415. The van der Waals surface area contributed by atoms with Crippen molar-refractivity contribution in [3.63, 3.8) is 0 Å². The van der Waals surface area contributed by atoms with Gasteiger partial charge in [-0.2, -0.15) is 0 Å². The normalized spacial score (nSPS) is 13.5. The first-order valence-corrected chi connectivity index (χ1v) is 4.78. The maximum atomic E-state index is 13.4. The molecular weight excluding hydrogens is 247 g/mol. The molecule has 0 heterocycles. The molecule has 0 saturated carbocycles. The van der Waals surface area contributed by atoms with Gasteiger partial charge in [-0.25, -0.2) is 4.39 Å². The first-order chi connectivity index (χ1) is 8.47. The Bertz CT molecular complexity index is 503. The van der Waals surface area contributed by atoms with Crippen LogP contribution in [0.1, 0.15) is 11.7 Å². The van der Waals surface area contributed by atoms with E-state index < -0.39 is 40.7 Å². The predicted molar refractivity (Wildman–Crippen MR) is 58.0 cm³/mol. The molecule has 1 aromatic rings. The van der Waals surface area contributed by atoms with Crippen molar-refractivity contribution in [2.24, 2.45) is 5.11 Å². The maximum absolute atomic E-state index is 13.4. The summed E-state index contributed by atoms with van der Waals surface area (Å²) in [4.78, 5) is 12.1. The zero-order chi connectivity index (χ0) is 13.7. The molecule has 1 aromatic carbocycles. The Morgan fingerprint density at radius 3 is 2.78 bits per heavy atom. The second-order valence-electron chi connectivity index (χ2n) is 3.39. The van der Waals surface area contributed by atoms with Crippen LogP contribution in [0.15, 0.2) is 23.3 Å². The minimum Gasteiger partial charge on any atom is -0.390 e. The van der Waals surface area contributed by atoms with Gasteiger partial charge >= 0.3 is 0 Å². The second kappa shape index (κ2) is 5.92. The van der Waals surface area contributed by atoms with Crippen LogP contribution in [-0.2, 0) is 0 Å². The van der Waals surface area contributed by atoms with Crippen LogP contribution in [0.3, 0.4) is 0 Å². The lowest BCUT2D eigenvalue weighted by atomic mass is 10.0. The Balaban J connectivity index is 3.03. The van der Waals surface area contributed by atoms with Crippen molar-refractivity contribution in [1.82, 2.24) is 0 Å². The predicted octanol–water partition coefficient (Wildman–Crippen LogP) is 1.44. The number of aliphatic hydroxyl groups excluding tert-OH is 2. The number of aliphatic hydroxyl groups is 2. The molecule has 9 heteroatoms. The van der Waals surface area contributed by atoms with E-state index in [-0.39, 0.29) is 0 Å². The van der Waals surface area contributed by atoms with E-state index in [9.17, 15) is 24.7 Å². The zero-order valence-electron chi connectivity index (χ0n) is 8.97. The number of hydrogen-bond acceptors (Lipinski definition) is 5. The number of rotatable bonds is 5. The van der Waals surface area contributed by atoms with Gasteiger partial charge < -0.3 is 10.2 Å². The average Bonchev–Trinajstić information content (AvgIpc) is 2.35. The molecule has 96 valence electrons. The summed E-state index contributed by atoms with van der Waals surface area (Å²) in [7, 11) is 0. The molecule has 0 amide bonds. The molecule has 1 rings (SSSR count). The van der Waals surface area contributed by atoms with Crippen molar-refractivity contribution in [1.29, 1.82) is 0 Å². The van der Waals surface area contributed by atoms with Crippen molar-refractivity contribution in [3.8, 4) is 0 Å². The number of azide groups is 1. The Hall–Kier alpha value is -2.22. The molecule has 0 spiro atoms. The topological polar surface area (TPSA) is 132 Å². The summed E-state index contributed by atoms with van der Waals surface area (Å²) in [5, 5.41) is 32.5. The SMILES string of the molecule is [N-]=[N+]=NCC(O)C(O)c1cc([N+](=O)[O-])ccc1F. The van der Waals surface area contributed by atoms with Crippen molar-refractivity contribution in [3.05, 3.63) is 50.1 Å². The van der Waals surface area contributed by atoms with Crippen LogP contribution in [0, 0.1) is 15.9 Å². The molecule has 2 unspecified atom stereocenters. The molecule has 0 saturated heterocycles. The number of nitro groups is 1.